The smallest absolute Gasteiger partial charge is 0.169 e. The molecule has 0 atom stereocenters. The molecule has 0 bridgehead atoms. The number of thiocarbonyl (C=S) groups is 1. The Morgan fingerprint density at radius 1 is 1.12 bits per heavy atom. The molecule has 130 valence electrons. The molecule has 26 heavy (non-hydrogen) atoms. The number of nitrogens with zero attached hydrogens (tertiary/aromatic N) is 3. The van der Waals surface area contributed by atoms with Gasteiger partial charge in [0.2, 0.25) is 0 Å². The topological polar surface area (TPSA) is 62.9 Å². The molecule has 0 unspecified atom stereocenters. The van der Waals surface area contributed by atoms with Gasteiger partial charge < -0.3 is 10.2 Å². The number of hydrogen-bond acceptors (Lipinski definition) is 3. The SMILES string of the molecule is N#Cc1cc2c(cc1C#N)CN(C(=S)NCCc1ccc(Cl)cc1)CC2. The van der Waals surface area contributed by atoms with E-state index in [1.807, 2.05) is 36.4 Å². The van der Waals surface area contributed by atoms with Crippen LogP contribution in [0.3, 0.4) is 0 Å². The van der Waals surface area contributed by atoms with Crippen LogP contribution >= 0.6 is 23.8 Å². The van der Waals surface area contributed by atoms with Gasteiger partial charge in [-0.05, 0) is 66.0 Å². The molecule has 1 N–H and O–H groups in total. The van der Waals surface area contributed by atoms with E-state index in [0.29, 0.717) is 22.8 Å². The lowest BCUT2D eigenvalue weighted by molar-refractivity contribution is 0.387. The lowest BCUT2D eigenvalue weighted by Gasteiger charge is -2.31. The molecule has 1 aliphatic rings. The van der Waals surface area contributed by atoms with Crippen molar-refractivity contribution in [1.29, 1.82) is 10.5 Å². The first kappa shape index (κ1) is 18.2. The van der Waals surface area contributed by atoms with Crippen LogP contribution in [0, 0.1) is 22.7 Å². The van der Waals surface area contributed by atoms with Crippen LogP contribution in [0.5, 0.6) is 0 Å². The van der Waals surface area contributed by atoms with Gasteiger partial charge in [-0.2, -0.15) is 10.5 Å². The fraction of sp³-hybridized carbons (Fsp3) is 0.250. The summed E-state index contributed by atoms with van der Waals surface area (Å²) in [5.74, 6) is 0. The molecular weight excluding hydrogens is 364 g/mol. The van der Waals surface area contributed by atoms with E-state index in [-0.39, 0.29) is 0 Å². The Morgan fingerprint density at radius 3 is 2.42 bits per heavy atom. The predicted molar refractivity (Wildman–Crippen MR) is 106 cm³/mol. The van der Waals surface area contributed by atoms with Gasteiger partial charge in [0.05, 0.1) is 11.1 Å². The minimum Gasteiger partial charge on any atom is -0.362 e. The highest BCUT2D eigenvalue weighted by Crippen LogP contribution is 2.23. The average molecular weight is 381 g/mol. The van der Waals surface area contributed by atoms with Gasteiger partial charge >= 0.3 is 0 Å². The molecule has 6 heteroatoms. The summed E-state index contributed by atoms with van der Waals surface area (Å²) in [5, 5.41) is 23.1. The molecule has 0 saturated heterocycles. The molecular formula is C20H17ClN4S. The van der Waals surface area contributed by atoms with Crippen LogP contribution in [0.25, 0.3) is 0 Å². The molecule has 0 aliphatic carbocycles. The van der Waals surface area contributed by atoms with Gasteiger partial charge in [0.25, 0.3) is 0 Å². The first-order valence-corrected chi connectivity index (χ1v) is 9.12. The van der Waals surface area contributed by atoms with Crippen LogP contribution in [0.15, 0.2) is 36.4 Å². The van der Waals surface area contributed by atoms with E-state index in [4.69, 9.17) is 29.1 Å². The van der Waals surface area contributed by atoms with Crippen LogP contribution in [0.4, 0.5) is 0 Å². The van der Waals surface area contributed by atoms with Crippen molar-refractivity contribution < 1.29 is 0 Å². The zero-order valence-corrected chi connectivity index (χ0v) is 15.7. The highest BCUT2D eigenvalue weighted by atomic mass is 35.5. The van der Waals surface area contributed by atoms with Crippen molar-refractivity contribution in [1.82, 2.24) is 10.2 Å². The van der Waals surface area contributed by atoms with E-state index >= 15 is 0 Å². The molecule has 0 fully saturated rings. The van der Waals surface area contributed by atoms with Crippen molar-refractivity contribution in [2.75, 3.05) is 13.1 Å². The van der Waals surface area contributed by atoms with E-state index in [2.05, 4.69) is 22.4 Å². The zero-order chi connectivity index (χ0) is 18.5. The number of halogens is 1. The Morgan fingerprint density at radius 2 is 1.77 bits per heavy atom. The summed E-state index contributed by atoms with van der Waals surface area (Å²) >= 11 is 11.4. The van der Waals surface area contributed by atoms with Crippen molar-refractivity contribution in [3.05, 3.63) is 69.2 Å². The van der Waals surface area contributed by atoms with Crippen molar-refractivity contribution in [3.63, 3.8) is 0 Å². The zero-order valence-electron chi connectivity index (χ0n) is 14.1. The van der Waals surface area contributed by atoms with Crippen LogP contribution in [0.2, 0.25) is 5.02 Å². The molecule has 3 rings (SSSR count). The van der Waals surface area contributed by atoms with Crippen molar-refractivity contribution in [2.45, 2.75) is 19.4 Å². The third kappa shape index (κ3) is 4.14. The lowest BCUT2D eigenvalue weighted by Crippen LogP contribution is -2.43. The molecule has 0 aromatic heterocycles. The third-order valence-corrected chi connectivity index (χ3v) is 5.14. The molecule has 0 saturated carbocycles. The second-order valence-electron chi connectivity index (χ2n) is 6.17. The first-order chi connectivity index (χ1) is 12.6. The Hall–Kier alpha value is -2.60. The van der Waals surface area contributed by atoms with Crippen molar-refractivity contribution in [2.24, 2.45) is 0 Å². The summed E-state index contributed by atoms with van der Waals surface area (Å²) in [7, 11) is 0. The normalized spacial score (nSPS) is 12.7. The first-order valence-electron chi connectivity index (χ1n) is 8.34. The van der Waals surface area contributed by atoms with E-state index in [9.17, 15) is 5.26 Å². The van der Waals surface area contributed by atoms with Gasteiger partial charge in [0.1, 0.15) is 12.1 Å². The van der Waals surface area contributed by atoms with Gasteiger partial charge in [-0.3, -0.25) is 0 Å². The summed E-state index contributed by atoms with van der Waals surface area (Å²) in [4.78, 5) is 2.10. The Balaban J connectivity index is 1.59. The van der Waals surface area contributed by atoms with E-state index in [0.717, 1.165) is 42.1 Å². The standard InChI is InChI=1S/C20H17ClN4S/c21-19-3-1-14(2-4-19)5-7-24-20(26)25-8-6-15-9-16(11-22)17(12-23)10-18(15)13-25/h1-4,9-10H,5-8,13H2,(H,24,26). The minimum absolute atomic E-state index is 0.426. The summed E-state index contributed by atoms with van der Waals surface area (Å²) in [5.41, 5.74) is 4.27. The molecule has 0 radical (unpaired) electrons. The Bertz CT molecular complexity index is 909. The van der Waals surface area contributed by atoms with E-state index in [1.54, 1.807) is 0 Å². The maximum atomic E-state index is 9.21. The second-order valence-corrected chi connectivity index (χ2v) is 6.99. The molecule has 0 amide bonds. The number of benzene rings is 2. The van der Waals surface area contributed by atoms with Crippen LogP contribution < -0.4 is 5.32 Å². The highest BCUT2D eigenvalue weighted by molar-refractivity contribution is 7.80. The summed E-state index contributed by atoms with van der Waals surface area (Å²) in [6.07, 6.45) is 1.68. The fourth-order valence-corrected chi connectivity index (χ4v) is 3.43. The summed E-state index contributed by atoms with van der Waals surface area (Å²) in [6, 6.07) is 15.6. The van der Waals surface area contributed by atoms with Crippen LogP contribution in [0.1, 0.15) is 27.8 Å². The number of nitriles is 2. The average Bonchev–Trinajstić information content (AvgIpc) is 2.67. The van der Waals surface area contributed by atoms with Crippen LogP contribution in [-0.2, 0) is 19.4 Å². The van der Waals surface area contributed by atoms with Gasteiger partial charge in [0, 0.05) is 24.7 Å². The number of rotatable bonds is 3. The third-order valence-electron chi connectivity index (χ3n) is 4.48. The van der Waals surface area contributed by atoms with E-state index < -0.39 is 0 Å². The summed E-state index contributed by atoms with van der Waals surface area (Å²) < 4.78 is 0. The molecule has 0 spiro atoms. The van der Waals surface area contributed by atoms with Crippen molar-refractivity contribution >= 4 is 28.9 Å². The predicted octanol–water partition coefficient (Wildman–Crippen LogP) is 3.56. The fourth-order valence-electron chi connectivity index (χ4n) is 3.04. The van der Waals surface area contributed by atoms with Gasteiger partial charge in [-0.1, -0.05) is 23.7 Å². The van der Waals surface area contributed by atoms with Crippen LogP contribution in [-0.4, -0.2) is 23.1 Å². The molecule has 2 aromatic carbocycles. The minimum atomic E-state index is 0.426. The quantitative estimate of drug-likeness (QED) is 0.825. The maximum Gasteiger partial charge on any atom is 0.169 e. The molecule has 2 aromatic rings. The number of nitrogens with one attached hydrogen (secondary N) is 1. The monoisotopic (exact) mass is 380 g/mol. The van der Waals surface area contributed by atoms with Crippen molar-refractivity contribution in [3.8, 4) is 12.1 Å². The number of hydrogen-bond donors (Lipinski definition) is 1. The largest absolute Gasteiger partial charge is 0.362 e. The molecule has 1 heterocycles. The summed E-state index contributed by atoms with van der Waals surface area (Å²) in [6.45, 7) is 2.21. The Kier molecular flexibility index (Phi) is 5.73. The maximum absolute atomic E-state index is 9.21. The second kappa shape index (κ2) is 8.19. The highest BCUT2D eigenvalue weighted by Gasteiger charge is 2.20. The lowest BCUT2D eigenvalue weighted by atomic mass is 9.94. The Labute approximate surface area is 163 Å². The van der Waals surface area contributed by atoms with Gasteiger partial charge in [-0.15, -0.1) is 0 Å². The molecule has 1 aliphatic heterocycles. The van der Waals surface area contributed by atoms with E-state index in [1.165, 1.54) is 5.56 Å². The van der Waals surface area contributed by atoms with Gasteiger partial charge in [-0.25, -0.2) is 0 Å². The number of fused-ring (bicyclic) bond motifs is 1. The molecule has 4 nitrogen and oxygen atoms in total. The van der Waals surface area contributed by atoms with Gasteiger partial charge in [0.15, 0.2) is 5.11 Å².